The highest BCUT2D eigenvalue weighted by Gasteiger charge is 2.18. The number of pyridine rings is 1. The molecule has 1 fully saturated rings. The molecule has 1 aromatic rings. The molecule has 1 aliphatic carbocycles. The van der Waals surface area contributed by atoms with E-state index in [1.54, 1.807) is 6.20 Å². The average Bonchev–Trinajstić information content (AvgIpc) is 2.25. The SMILES string of the molecule is NC1CCC(Nc2ncccc2Cl)CC1. The summed E-state index contributed by atoms with van der Waals surface area (Å²) >= 11 is 6.02. The molecular weight excluding hydrogens is 210 g/mol. The van der Waals surface area contributed by atoms with Gasteiger partial charge in [-0.05, 0) is 37.8 Å². The van der Waals surface area contributed by atoms with Crippen LogP contribution in [0.1, 0.15) is 25.7 Å². The standard InChI is InChI=1S/C11H16ClN3/c12-10-2-1-7-14-11(10)15-9-5-3-8(13)4-6-9/h1-2,7-9H,3-6,13H2,(H,14,15). The van der Waals surface area contributed by atoms with Gasteiger partial charge in [-0.25, -0.2) is 4.98 Å². The summed E-state index contributed by atoms with van der Waals surface area (Å²) in [6.07, 6.45) is 6.13. The van der Waals surface area contributed by atoms with Crippen molar-refractivity contribution >= 4 is 17.4 Å². The molecule has 0 aliphatic heterocycles. The number of aromatic nitrogens is 1. The number of rotatable bonds is 2. The molecule has 1 aliphatic rings. The zero-order valence-corrected chi connectivity index (χ0v) is 9.37. The van der Waals surface area contributed by atoms with E-state index in [-0.39, 0.29) is 0 Å². The van der Waals surface area contributed by atoms with Crippen molar-refractivity contribution in [2.45, 2.75) is 37.8 Å². The molecule has 0 radical (unpaired) electrons. The summed E-state index contributed by atoms with van der Waals surface area (Å²) in [4.78, 5) is 4.22. The molecule has 0 saturated heterocycles. The van der Waals surface area contributed by atoms with Crippen LogP contribution < -0.4 is 11.1 Å². The Bertz CT molecular complexity index is 321. The first kappa shape index (κ1) is 10.7. The molecule has 0 bridgehead atoms. The van der Waals surface area contributed by atoms with E-state index >= 15 is 0 Å². The predicted molar refractivity (Wildman–Crippen MR) is 63.1 cm³/mol. The summed E-state index contributed by atoms with van der Waals surface area (Å²) in [5, 5.41) is 4.06. The van der Waals surface area contributed by atoms with Gasteiger partial charge in [-0.1, -0.05) is 11.6 Å². The summed E-state index contributed by atoms with van der Waals surface area (Å²) in [6, 6.07) is 4.54. The number of hydrogen-bond donors (Lipinski definition) is 2. The van der Waals surface area contributed by atoms with Gasteiger partial charge in [0.2, 0.25) is 0 Å². The third-order valence-corrected chi connectivity index (χ3v) is 3.18. The fraction of sp³-hybridized carbons (Fsp3) is 0.545. The van der Waals surface area contributed by atoms with E-state index in [0.29, 0.717) is 17.1 Å². The van der Waals surface area contributed by atoms with Gasteiger partial charge in [-0.2, -0.15) is 0 Å². The van der Waals surface area contributed by atoms with E-state index in [1.165, 1.54) is 0 Å². The highest BCUT2D eigenvalue weighted by atomic mass is 35.5. The van der Waals surface area contributed by atoms with Gasteiger partial charge in [-0.3, -0.25) is 0 Å². The Balaban J connectivity index is 1.95. The topological polar surface area (TPSA) is 50.9 Å². The maximum absolute atomic E-state index is 6.02. The van der Waals surface area contributed by atoms with Crippen molar-refractivity contribution in [3.05, 3.63) is 23.4 Å². The molecule has 15 heavy (non-hydrogen) atoms. The van der Waals surface area contributed by atoms with E-state index in [0.717, 1.165) is 31.5 Å². The molecule has 0 aromatic carbocycles. The fourth-order valence-electron chi connectivity index (χ4n) is 1.95. The van der Waals surface area contributed by atoms with E-state index in [1.807, 2.05) is 12.1 Å². The molecule has 4 heteroatoms. The number of nitrogens with two attached hydrogens (primary N) is 1. The minimum atomic E-state index is 0.377. The van der Waals surface area contributed by atoms with Crippen molar-refractivity contribution in [2.75, 3.05) is 5.32 Å². The second-order valence-electron chi connectivity index (χ2n) is 4.09. The van der Waals surface area contributed by atoms with Gasteiger partial charge in [0, 0.05) is 18.3 Å². The highest BCUT2D eigenvalue weighted by molar-refractivity contribution is 6.32. The lowest BCUT2D eigenvalue weighted by atomic mass is 9.92. The quantitative estimate of drug-likeness (QED) is 0.813. The summed E-state index contributed by atoms with van der Waals surface area (Å²) in [6.45, 7) is 0. The maximum atomic E-state index is 6.02. The van der Waals surface area contributed by atoms with Crippen LogP contribution in [0.3, 0.4) is 0 Å². The molecule has 1 aromatic heterocycles. The molecule has 2 rings (SSSR count). The second kappa shape index (κ2) is 4.81. The van der Waals surface area contributed by atoms with Crippen molar-refractivity contribution in [3.8, 4) is 0 Å². The van der Waals surface area contributed by atoms with Crippen molar-refractivity contribution in [2.24, 2.45) is 5.73 Å². The third kappa shape index (κ3) is 2.83. The number of anilines is 1. The van der Waals surface area contributed by atoms with Crippen molar-refractivity contribution < 1.29 is 0 Å². The van der Waals surface area contributed by atoms with Crippen LogP contribution in [0.25, 0.3) is 0 Å². The Morgan fingerprint density at radius 1 is 1.33 bits per heavy atom. The Kier molecular flexibility index (Phi) is 3.44. The van der Waals surface area contributed by atoms with Gasteiger partial charge in [0.25, 0.3) is 0 Å². The summed E-state index contributed by atoms with van der Waals surface area (Å²) in [5.74, 6) is 0.791. The van der Waals surface area contributed by atoms with Crippen LogP contribution in [-0.2, 0) is 0 Å². The average molecular weight is 226 g/mol. The molecule has 0 unspecified atom stereocenters. The lowest BCUT2D eigenvalue weighted by Crippen LogP contribution is -2.33. The van der Waals surface area contributed by atoms with Crippen LogP contribution in [0, 0.1) is 0 Å². The van der Waals surface area contributed by atoms with Crippen molar-refractivity contribution in [3.63, 3.8) is 0 Å². The number of halogens is 1. The molecule has 3 N–H and O–H groups in total. The second-order valence-corrected chi connectivity index (χ2v) is 4.50. The van der Waals surface area contributed by atoms with Crippen LogP contribution in [-0.4, -0.2) is 17.1 Å². The number of nitrogens with one attached hydrogen (secondary N) is 1. The Morgan fingerprint density at radius 2 is 2.07 bits per heavy atom. The normalized spacial score (nSPS) is 26.3. The van der Waals surface area contributed by atoms with E-state index in [2.05, 4.69) is 10.3 Å². The van der Waals surface area contributed by atoms with Crippen molar-refractivity contribution in [1.29, 1.82) is 0 Å². The van der Waals surface area contributed by atoms with Gasteiger partial charge in [-0.15, -0.1) is 0 Å². The summed E-state index contributed by atoms with van der Waals surface area (Å²) in [5.41, 5.74) is 5.85. The minimum absolute atomic E-state index is 0.377. The third-order valence-electron chi connectivity index (χ3n) is 2.87. The van der Waals surface area contributed by atoms with Gasteiger partial charge in [0.05, 0.1) is 5.02 Å². The first-order valence-corrected chi connectivity index (χ1v) is 5.76. The smallest absolute Gasteiger partial charge is 0.144 e. The Hall–Kier alpha value is -0.800. The fourth-order valence-corrected chi connectivity index (χ4v) is 2.12. The summed E-state index contributed by atoms with van der Waals surface area (Å²) in [7, 11) is 0. The van der Waals surface area contributed by atoms with Crippen LogP contribution in [0.4, 0.5) is 5.82 Å². The number of hydrogen-bond acceptors (Lipinski definition) is 3. The largest absolute Gasteiger partial charge is 0.366 e. The van der Waals surface area contributed by atoms with Gasteiger partial charge < -0.3 is 11.1 Å². The van der Waals surface area contributed by atoms with Gasteiger partial charge in [0.1, 0.15) is 5.82 Å². The van der Waals surface area contributed by atoms with E-state index < -0.39 is 0 Å². The molecule has 3 nitrogen and oxygen atoms in total. The first-order valence-electron chi connectivity index (χ1n) is 5.38. The lowest BCUT2D eigenvalue weighted by Gasteiger charge is -2.27. The highest BCUT2D eigenvalue weighted by Crippen LogP contribution is 2.24. The number of nitrogens with zero attached hydrogens (tertiary/aromatic N) is 1. The predicted octanol–water partition coefficient (Wildman–Crippen LogP) is 2.42. The van der Waals surface area contributed by atoms with Gasteiger partial charge in [0.15, 0.2) is 0 Å². The van der Waals surface area contributed by atoms with E-state index in [4.69, 9.17) is 17.3 Å². The van der Waals surface area contributed by atoms with Gasteiger partial charge >= 0.3 is 0 Å². The monoisotopic (exact) mass is 225 g/mol. The molecule has 1 heterocycles. The van der Waals surface area contributed by atoms with Crippen LogP contribution in [0.5, 0.6) is 0 Å². The zero-order chi connectivity index (χ0) is 10.7. The Morgan fingerprint density at radius 3 is 2.73 bits per heavy atom. The maximum Gasteiger partial charge on any atom is 0.144 e. The van der Waals surface area contributed by atoms with Crippen LogP contribution in [0.2, 0.25) is 5.02 Å². The van der Waals surface area contributed by atoms with Crippen LogP contribution in [0.15, 0.2) is 18.3 Å². The first-order chi connectivity index (χ1) is 7.25. The molecule has 0 spiro atoms. The minimum Gasteiger partial charge on any atom is -0.366 e. The lowest BCUT2D eigenvalue weighted by molar-refractivity contribution is 0.410. The molecular formula is C11H16ClN3. The Labute approximate surface area is 95.0 Å². The van der Waals surface area contributed by atoms with Crippen molar-refractivity contribution in [1.82, 2.24) is 4.98 Å². The molecule has 82 valence electrons. The molecule has 0 atom stereocenters. The van der Waals surface area contributed by atoms with Crippen LogP contribution >= 0.6 is 11.6 Å². The molecule has 0 amide bonds. The summed E-state index contributed by atoms with van der Waals surface area (Å²) < 4.78 is 0. The molecule has 1 saturated carbocycles. The zero-order valence-electron chi connectivity index (χ0n) is 8.62. The van der Waals surface area contributed by atoms with E-state index in [9.17, 15) is 0 Å².